The molecule has 0 radical (unpaired) electrons. The third-order valence-electron chi connectivity index (χ3n) is 2.07. The minimum Gasteiger partial charge on any atom is -0.316 e. The lowest BCUT2D eigenvalue weighted by molar-refractivity contribution is 0.598. The highest BCUT2D eigenvalue weighted by Crippen LogP contribution is 2.17. The lowest BCUT2D eigenvalue weighted by atomic mass is 10.1. The molecule has 0 aromatic carbocycles. The molecule has 2 heterocycles. The average Bonchev–Trinajstić information content (AvgIpc) is 2.58. The van der Waals surface area contributed by atoms with E-state index >= 15 is 0 Å². The Labute approximate surface area is 82.2 Å². The summed E-state index contributed by atoms with van der Waals surface area (Å²) >= 11 is 0. The predicted molar refractivity (Wildman–Crippen MR) is 49.5 cm³/mol. The molecule has 1 fully saturated rings. The van der Waals surface area contributed by atoms with Crippen LogP contribution in [0.4, 0.5) is 4.39 Å². The van der Waals surface area contributed by atoms with Crippen LogP contribution < -0.4 is 5.32 Å². The molecule has 3 nitrogen and oxygen atoms in total. The predicted octanol–water partition coefficient (Wildman–Crippen LogP) is 1.11. The zero-order chi connectivity index (χ0) is 8.39. The summed E-state index contributed by atoms with van der Waals surface area (Å²) in [7, 11) is 0. The SMILES string of the molecule is Cl.Fc1cnc(C2CCNC2)nc1. The second-order valence-electron chi connectivity index (χ2n) is 2.95. The summed E-state index contributed by atoms with van der Waals surface area (Å²) in [6, 6.07) is 0. The van der Waals surface area contributed by atoms with Crippen molar-refractivity contribution in [3.8, 4) is 0 Å². The van der Waals surface area contributed by atoms with Crippen LogP contribution in [0.3, 0.4) is 0 Å². The number of halogens is 2. The number of aromatic nitrogens is 2. The van der Waals surface area contributed by atoms with Crippen LogP contribution >= 0.6 is 12.4 Å². The summed E-state index contributed by atoms with van der Waals surface area (Å²) in [6.45, 7) is 1.91. The molecule has 0 bridgehead atoms. The quantitative estimate of drug-likeness (QED) is 0.743. The molecule has 1 aromatic rings. The molecular formula is C8H11ClFN3. The van der Waals surface area contributed by atoms with Gasteiger partial charge in [0.1, 0.15) is 5.82 Å². The molecule has 1 atom stereocenters. The van der Waals surface area contributed by atoms with Gasteiger partial charge in [-0.05, 0) is 13.0 Å². The molecule has 72 valence electrons. The van der Waals surface area contributed by atoms with E-state index in [4.69, 9.17) is 0 Å². The van der Waals surface area contributed by atoms with Crippen LogP contribution in [-0.2, 0) is 0 Å². The van der Waals surface area contributed by atoms with Crippen LogP contribution in [0.1, 0.15) is 18.2 Å². The Kier molecular flexibility index (Phi) is 3.57. The van der Waals surface area contributed by atoms with E-state index in [2.05, 4.69) is 15.3 Å². The lowest BCUT2D eigenvalue weighted by Gasteiger charge is -2.04. The Morgan fingerprint density at radius 2 is 2.08 bits per heavy atom. The second-order valence-corrected chi connectivity index (χ2v) is 2.95. The van der Waals surface area contributed by atoms with Gasteiger partial charge in [-0.1, -0.05) is 0 Å². The Morgan fingerprint density at radius 3 is 2.62 bits per heavy atom. The number of rotatable bonds is 1. The maximum absolute atomic E-state index is 12.4. The largest absolute Gasteiger partial charge is 0.316 e. The highest BCUT2D eigenvalue weighted by molar-refractivity contribution is 5.85. The maximum Gasteiger partial charge on any atom is 0.159 e. The Bertz CT molecular complexity index is 259. The highest BCUT2D eigenvalue weighted by Gasteiger charge is 2.18. The molecule has 2 rings (SSSR count). The van der Waals surface area contributed by atoms with Crippen molar-refractivity contribution in [2.24, 2.45) is 0 Å². The molecule has 1 aromatic heterocycles. The van der Waals surface area contributed by atoms with Crippen molar-refractivity contribution in [1.82, 2.24) is 15.3 Å². The minimum absolute atomic E-state index is 0. The normalized spacial score (nSPS) is 21.2. The van der Waals surface area contributed by atoms with Gasteiger partial charge in [0.2, 0.25) is 0 Å². The van der Waals surface area contributed by atoms with Gasteiger partial charge < -0.3 is 5.32 Å². The van der Waals surface area contributed by atoms with E-state index in [1.165, 1.54) is 12.4 Å². The van der Waals surface area contributed by atoms with Gasteiger partial charge in [0.15, 0.2) is 5.82 Å². The van der Waals surface area contributed by atoms with E-state index < -0.39 is 0 Å². The van der Waals surface area contributed by atoms with Crippen molar-refractivity contribution >= 4 is 12.4 Å². The van der Waals surface area contributed by atoms with Gasteiger partial charge in [-0.25, -0.2) is 14.4 Å². The molecule has 5 heteroatoms. The Hall–Kier alpha value is -0.740. The van der Waals surface area contributed by atoms with Crippen LogP contribution in [0.5, 0.6) is 0 Å². The van der Waals surface area contributed by atoms with E-state index in [-0.39, 0.29) is 18.2 Å². The summed E-state index contributed by atoms with van der Waals surface area (Å²) in [5, 5.41) is 3.21. The first-order valence-electron chi connectivity index (χ1n) is 4.04. The first kappa shape index (κ1) is 10.3. The molecular weight excluding hydrogens is 193 g/mol. The zero-order valence-electron chi connectivity index (χ0n) is 7.03. The second kappa shape index (κ2) is 4.48. The van der Waals surface area contributed by atoms with Crippen LogP contribution in [-0.4, -0.2) is 23.1 Å². The molecule has 1 aliphatic rings. The summed E-state index contributed by atoms with van der Waals surface area (Å²) in [5.41, 5.74) is 0. The maximum atomic E-state index is 12.4. The van der Waals surface area contributed by atoms with Crippen molar-refractivity contribution in [3.63, 3.8) is 0 Å². The molecule has 1 aliphatic heterocycles. The van der Waals surface area contributed by atoms with Crippen LogP contribution in [0.15, 0.2) is 12.4 Å². The van der Waals surface area contributed by atoms with Crippen molar-refractivity contribution in [2.45, 2.75) is 12.3 Å². The van der Waals surface area contributed by atoms with Crippen LogP contribution in [0, 0.1) is 5.82 Å². The number of nitrogens with one attached hydrogen (secondary N) is 1. The molecule has 0 spiro atoms. The van der Waals surface area contributed by atoms with Gasteiger partial charge in [-0.15, -0.1) is 12.4 Å². The standard InChI is InChI=1S/C8H10FN3.ClH/c9-7-4-11-8(12-5-7)6-1-2-10-3-6;/h4-6,10H,1-3H2;1H. The van der Waals surface area contributed by atoms with E-state index in [0.29, 0.717) is 5.92 Å². The molecule has 0 amide bonds. The fraction of sp³-hybridized carbons (Fsp3) is 0.500. The molecule has 13 heavy (non-hydrogen) atoms. The summed E-state index contributed by atoms with van der Waals surface area (Å²) in [4.78, 5) is 7.87. The van der Waals surface area contributed by atoms with Crippen molar-refractivity contribution < 1.29 is 4.39 Å². The average molecular weight is 204 g/mol. The van der Waals surface area contributed by atoms with Crippen molar-refractivity contribution in [1.29, 1.82) is 0 Å². The third kappa shape index (κ3) is 2.35. The van der Waals surface area contributed by atoms with E-state index in [0.717, 1.165) is 25.3 Å². The van der Waals surface area contributed by atoms with Gasteiger partial charge in [0.25, 0.3) is 0 Å². The number of hydrogen-bond donors (Lipinski definition) is 1. The fourth-order valence-electron chi connectivity index (χ4n) is 1.41. The number of hydrogen-bond acceptors (Lipinski definition) is 3. The smallest absolute Gasteiger partial charge is 0.159 e. The molecule has 0 saturated carbocycles. The summed E-state index contributed by atoms with van der Waals surface area (Å²) in [6.07, 6.45) is 3.49. The lowest BCUT2D eigenvalue weighted by Crippen LogP contribution is -2.10. The van der Waals surface area contributed by atoms with Crippen molar-refractivity contribution in [2.75, 3.05) is 13.1 Å². The van der Waals surface area contributed by atoms with Gasteiger partial charge in [0.05, 0.1) is 12.4 Å². The van der Waals surface area contributed by atoms with Gasteiger partial charge in [-0.3, -0.25) is 0 Å². The minimum atomic E-state index is -0.371. The van der Waals surface area contributed by atoms with E-state index in [9.17, 15) is 4.39 Å². The third-order valence-corrected chi connectivity index (χ3v) is 2.07. The fourth-order valence-corrected chi connectivity index (χ4v) is 1.41. The molecule has 1 saturated heterocycles. The molecule has 1 N–H and O–H groups in total. The van der Waals surface area contributed by atoms with Gasteiger partial charge in [-0.2, -0.15) is 0 Å². The van der Waals surface area contributed by atoms with E-state index in [1.54, 1.807) is 0 Å². The summed E-state index contributed by atoms with van der Waals surface area (Å²) in [5.74, 6) is 0.747. The first-order chi connectivity index (χ1) is 5.86. The van der Waals surface area contributed by atoms with E-state index in [1.807, 2.05) is 0 Å². The van der Waals surface area contributed by atoms with Crippen LogP contribution in [0.2, 0.25) is 0 Å². The Balaban J connectivity index is 0.000000845. The molecule has 1 unspecified atom stereocenters. The monoisotopic (exact) mass is 203 g/mol. The number of nitrogens with zero attached hydrogens (tertiary/aromatic N) is 2. The summed E-state index contributed by atoms with van der Waals surface area (Å²) < 4.78 is 12.4. The van der Waals surface area contributed by atoms with Crippen LogP contribution in [0.25, 0.3) is 0 Å². The highest BCUT2D eigenvalue weighted by atomic mass is 35.5. The topological polar surface area (TPSA) is 37.8 Å². The van der Waals surface area contributed by atoms with Gasteiger partial charge >= 0.3 is 0 Å². The zero-order valence-corrected chi connectivity index (χ0v) is 7.85. The van der Waals surface area contributed by atoms with Crippen molar-refractivity contribution in [3.05, 3.63) is 24.0 Å². The first-order valence-corrected chi connectivity index (χ1v) is 4.04. The van der Waals surface area contributed by atoms with Gasteiger partial charge in [0, 0.05) is 12.5 Å². The Morgan fingerprint density at radius 1 is 1.38 bits per heavy atom. The molecule has 0 aliphatic carbocycles.